The van der Waals surface area contributed by atoms with Crippen molar-refractivity contribution >= 4 is 23.9 Å². The highest BCUT2D eigenvalue weighted by Gasteiger charge is 2.32. The van der Waals surface area contributed by atoms with E-state index in [9.17, 15) is 24.3 Å². The van der Waals surface area contributed by atoms with Gasteiger partial charge < -0.3 is 25.1 Å². The number of hydrogen-bond donors (Lipinski definition) is 2. The molecule has 0 spiro atoms. The number of carboxylic acid groups (broad SMARTS) is 1. The van der Waals surface area contributed by atoms with E-state index in [1.807, 2.05) is 6.92 Å². The van der Waals surface area contributed by atoms with Gasteiger partial charge in [-0.05, 0) is 30.0 Å². The van der Waals surface area contributed by atoms with Gasteiger partial charge in [-0.15, -0.1) is 0 Å². The summed E-state index contributed by atoms with van der Waals surface area (Å²) in [7, 11) is 0. The molecule has 1 aromatic carbocycles. The van der Waals surface area contributed by atoms with Crippen LogP contribution >= 0.6 is 0 Å². The van der Waals surface area contributed by atoms with Crippen LogP contribution in [0.4, 0.5) is 0 Å². The third-order valence-electron chi connectivity index (χ3n) is 4.90. The van der Waals surface area contributed by atoms with Crippen LogP contribution in [0.25, 0.3) is 0 Å². The van der Waals surface area contributed by atoms with Crippen molar-refractivity contribution in [2.45, 2.75) is 71.8 Å². The molecule has 3 atom stereocenters. The first-order valence-corrected chi connectivity index (χ1v) is 10.8. The summed E-state index contributed by atoms with van der Waals surface area (Å²) < 4.78 is 15.8. The van der Waals surface area contributed by atoms with Crippen LogP contribution in [0.2, 0.25) is 0 Å². The van der Waals surface area contributed by atoms with Crippen LogP contribution in [0.15, 0.2) is 18.2 Å². The molecule has 3 N–H and O–H groups in total. The number of rotatable bonds is 13. The fraction of sp³-hybridized carbons (Fsp3) is 0.565. The van der Waals surface area contributed by atoms with E-state index < -0.39 is 35.8 Å². The van der Waals surface area contributed by atoms with E-state index in [-0.39, 0.29) is 43.3 Å². The third-order valence-corrected chi connectivity index (χ3v) is 4.90. The summed E-state index contributed by atoms with van der Waals surface area (Å²) in [5, 5.41) is 9.53. The molecule has 0 saturated heterocycles. The molecule has 0 bridgehead atoms. The maximum atomic E-state index is 11.9. The van der Waals surface area contributed by atoms with Crippen molar-refractivity contribution in [1.29, 1.82) is 0 Å². The zero-order valence-electron chi connectivity index (χ0n) is 19.1. The predicted octanol–water partition coefficient (Wildman–Crippen LogP) is 3.18. The molecule has 178 valence electrons. The molecule has 0 aliphatic rings. The number of hydrogen-bond acceptors (Lipinski definition) is 8. The molecule has 0 aliphatic carbocycles. The van der Waals surface area contributed by atoms with Crippen molar-refractivity contribution in [3.05, 3.63) is 23.8 Å². The van der Waals surface area contributed by atoms with Crippen LogP contribution in [0.1, 0.15) is 71.3 Å². The van der Waals surface area contributed by atoms with Gasteiger partial charge in [-0.3, -0.25) is 19.2 Å². The van der Waals surface area contributed by atoms with Crippen LogP contribution in [-0.2, 0) is 23.9 Å². The maximum Gasteiger partial charge on any atom is 0.321 e. The van der Waals surface area contributed by atoms with Crippen molar-refractivity contribution < 1.29 is 38.5 Å². The Bertz CT molecular complexity index is 807. The molecule has 1 aromatic rings. The van der Waals surface area contributed by atoms with Crippen LogP contribution in [0.5, 0.6) is 11.5 Å². The smallest absolute Gasteiger partial charge is 0.321 e. The molecule has 9 heteroatoms. The average Bonchev–Trinajstić information content (AvgIpc) is 2.77. The van der Waals surface area contributed by atoms with E-state index in [0.29, 0.717) is 12.0 Å². The van der Waals surface area contributed by atoms with Crippen molar-refractivity contribution in [3.63, 3.8) is 0 Å². The van der Waals surface area contributed by atoms with Crippen LogP contribution in [0, 0.1) is 5.92 Å². The molecule has 0 amide bonds. The number of unbranched alkanes of at least 4 members (excludes halogenated alkanes) is 1. The third kappa shape index (κ3) is 8.30. The first kappa shape index (κ1) is 27.1. The van der Waals surface area contributed by atoms with Crippen molar-refractivity contribution in [3.8, 4) is 11.5 Å². The highest BCUT2D eigenvalue weighted by atomic mass is 16.6. The molecule has 1 rings (SSSR count). The summed E-state index contributed by atoms with van der Waals surface area (Å²) in [6, 6.07) is 3.13. The van der Waals surface area contributed by atoms with Gasteiger partial charge in [-0.2, -0.15) is 0 Å². The van der Waals surface area contributed by atoms with E-state index in [1.54, 1.807) is 26.8 Å². The first-order chi connectivity index (χ1) is 15.1. The van der Waals surface area contributed by atoms with Gasteiger partial charge >= 0.3 is 23.9 Å². The lowest BCUT2D eigenvalue weighted by Gasteiger charge is -2.28. The minimum absolute atomic E-state index is 0.00845. The summed E-state index contributed by atoms with van der Waals surface area (Å²) in [5.41, 5.74) is 6.42. The molecular weight excluding hydrogens is 418 g/mol. The van der Waals surface area contributed by atoms with Crippen LogP contribution in [-0.4, -0.2) is 41.6 Å². The molecule has 2 unspecified atom stereocenters. The summed E-state index contributed by atoms with van der Waals surface area (Å²) >= 11 is 0. The Balaban J connectivity index is 3.25. The van der Waals surface area contributed by atoms with Crippen molar-refractivity contribution in [2.24, 2.45) is 11.7 Å². The fourth-order valence-electron chi connectivity index (χ4n) is 3.05. The Labute approximate surface area is 188 Å². The normalized spacial score (nSPS) is 13.5. The van der Waals surface area contributed by atoms with Gasteiger partial charge in [0.05, 0.1) is 6.61 Å². The molecule has 0 aliphatic heterocycles. The zero-order valence-corrected chi connectivity index (χ0v) is 19.1. The van der Waals surface area contributed by atoms with Crippen molar-refractivity contribution in [2.75, 3.05) is 6.61 Å². The minimum atomic E-state index is -1.31. The molecule has 0 aromatic heterocycles. The number of benzene rings is 1. The molecule has 9 nitrogen and oxygen atoms in total. The Kier molecular flexibility index (Phi) is 11.4. The fourth-order valence-corrected chi connectivity index (χ4v) is 3.05. The number of ether oxygens (including phenoxy) is 3. The SMILES string of the molecule is CCCCC(=O)OCC(C)C(c1ccc(OC(=O)CC)c(OC(=O)CC)c1)[C@H](N)C(=O)O. The standard InChI is InChI=1S/C23H33NO8/c1-5-8-9-20(27)30-13-14(4)21(22(24)23(28)29)15-10-11-16(31-18(25)6-2)17(12-15)32-19(26)7-3/h10-12,14,21-22H,5-9,13,24H2,1-4H3,(H,28,29)/t14?,21?,22-/m0/s1. The highest BCUT2D eigenvalue weighted by molar-refractivity contribution is 5.77. The molecule has 32 heavy (non-hydrogen) atoms. The first-order valence-electron chi connectivity index (χ1n) is 10.8. The lowest BCUT2D eigenvalue weighted by Crippen LogP contribution is -2.40. The van der Waals surface area contributed by atoms with E-state index in [0.717, 1.165) is 6.42 Å². The molecule has 0 fully saturated rings. The number of esters is 3. The lowest BCUT2D eigenvalue weighted by atomic mass is 9.82. The zero-order chi connectivity index (χ0) is 24.3. The van der Waals surface area contributed by atoms with Gasteiger partial charge in [0, 0.05) is 25.2 Å². The molecule has 0 saturated carbocycles. The second-order valence-corrected chi connectivity index (χ2v) is 7.52. The molecule has 0 heterocycles. The number of carboxylic acids is 1. The minimum Gasteiger partial charge on any atom is -0.480 e. The lowest BCUT2D eigenvalue weighted by molar-refractivity contribution is -0.145. The van der Waals surface area contributed by atoms with Crippen LogP contribution in [0.3, 0.4) is 0 Å². The summed E-state index contributed by atoms with van der Waals surface area (Å²) in [5.74, 6) is -3.83. The predicted molar refractivity (Wildman–Crippen MR) is 116 cm³/mol. The van der Waals surface area contributed by atoms with E-state index in [1.165, 1.54) is 12.1 Å². The Morgan fingerprint density at radius 1 is 0.969 bits per heavy atom. The number of carbonyl (C=O) groups is 4. The molecule has 0 radical (unpaired) electrons. The number of carbonyl (C=O) groups excluding carboxylic acids is 3. The van der Waals surface area contributed by atoms with E-state index >= 15 is 0 Å². The van der Waals surface area contributed by atoms with Gasteiger partial charge in [0.2, 0.25) is 0 Å². The van der Waals surface area contributed by atoms with Gasteiger partial charge in [-0.25, -0.2) is 0 Å². The topological polar surface area (TPSA) is 142 Å². The van der Waals surface area contributed by atoms with Gasteiger partial charge in [-0.1, -0.05) is 40.2 Å². The monoisotopic (exact) mass is 451 g/mol. The average molecular weight is 452 g/mol. The molecular formula is C23H33NO8. The summed E-state index contributed by atoms with van der Waals surface area (Å²) in [6.07, 6.45) is 2.05. The van der Waals surface area contributed by atoms with Gasteiger partial charge in [0.1, 0.15) is 6.04 Å². The number of aliphatic carboxylic acids is 1. The maximum absolute atomic E-state index is 11.9. The van der Waals surface area contributed by atoms with Gasteiger partial charge in [0.25, 0.3) is 0 Å². The quantitative estimate of drug-likeness (QED) is 0.341. The second-order valence-electron chi connectivity index (χ2n) is 7.52. The Morgan fingerprint density at radius 2 is 1.56 bits per heavy atom. The summed E-state index contributed by atoms with van der Waals surface area (Å²) in [4.78, 5) is 47.1. The Morgan fingerprint density at radius 3 is 2.09 bits per heavy atom. The Hall–Kier alpha value is -2.94. The van der Waals surface area contributed by atoms with Gasteiger partial charge in [0.15, 0.2) is 11.5 Å². The highest BCUT2D eigenvalue weighted by Crippen LogP contribution is 2.36. The summed E-state index contributed by atoms with van der Waals surface area (Å²) in [6.45, 7) is 6.90. The van der Waals surface area contributed by atoms with E-state index in [4.69, 9.17) is 19.9 Å². The van der Waals surface area contributed by atoms with Crippen LogP contribution < -0.4 is 15.2 Å². The van der Waals surface area contributed by atoms with E-state index in [2.05, 4.69) is 0 Å². The largest absolute Gasteiger partial charge is 0.480 e. The second kappa shape index (κ2) is 13.5. The van der Waals surface area contributed by atoms with Crippen molar-refractivity contribution in [1.82, 2.24) is 0 Å². The number of nitrogens with two attached hydrogens (primary N) is 1.